The van der Waals surface area contributed by atoms with Crippen molar-refractivity contribution >= 4 is 0 Å². The Hall–Kier alpha value is -1.82. The van der Waals surface area contributed by atoms with Crippen molar-refractivity contribution < 1.29 is 13.2 Å². The van der Waals surface area contributed by atoms with E-state index in [1.165, 1.54) is 12.1 Å². The summed E-state index contributed by atoms with van der Waals surface area (Å²) in [5.74, 6) is 0. The lowest BCUT2D eigenvalue weighted by Crippen LogP contribution is -2.25. The molecule has 0 amide bonds. The van der Waals surface area contributed by atoms with Gasteiger partial charge in [0.1, 0.15) is 0 Å². The Morgan fingerprint density at radius 2 is 2.19 bits per heavy atom. The van der Waals surface area contributed by atoms with Crippen molar-refractivity contribution in [3.05, 3.63) is 53.1 Å². The number of alkyl halides is 3. The van der Waals surface area contributed by atoms with Crippen molar-refractivity contribution in [1.29, 1.82) is 0 Å². The molecule has 21 heavy (non-hydrogen) atoms. The van der Waals surface area contributed by atoms with Gasteiger partial charge in [-0.2, -0.15) is 13.2 Å². The monoisotopic (exact) mass is 295 g/mol. The maximum atomic E-state index is 12.7. The molecule has 0 bridgehead atoms. The van der Waals surface area contributed by atoms with E-state index >= 15 is 0 Å². The molecule has 112 valence electrons. The summed E-state index contributed by atoms with van der Waals surface area (Å²) in [6.07, 6.45) is 0.370. The average Bonchev–Trinajstić information content (AvgIpc) is 2.93. The van der Waals surface area contributed by atoms with Gasteiger partial charge in [0, 0.05) is 12.2 Å². The van der Waals surface area contributed by atoms with Gasteiger partial charge >= 0.3 is 6.18 Å². The topological polar surface area (TPSA) is 40.7 Å². The van der Waals surface area contributed by atoms with Crippen LogP contribution in [-0.2, 0) is 19.1 Å². The Kier molecular flexibility index (Phi) is 3.71. The van der Waals surface area contributed by atoms with Crippen LogP contribution in [0.3, 0.4) is 0 Å². The molecule has 0 spiro atoms. The van der Waals surface area contributed by atoms with Gasteiger partial charge in [-0.1, -0.05) is 18.2 Å². The Balaban J connectivity index is 1.69. The number of imidazole rings is 1. The molecule has 3 rings (SSSR count). The number of halogens is 3. The largest absolute Gasteiger partial charge is 0.416 e. The van der Waals surface area contributed by atoms with Gasteiger partial charge in [0.25, 0.3) is 0 Å². The molecule has 0 saturated carbocycles. The van der Waals surface area contributed by atoms with Crippen LogP contribution in [0.1, 0.15) is 41.4 Å². The maximum Gasteiger partial charge on any atom is 0.416 e. The van der Waals surface area contributed by atoms with Crippen molar-refractivity contribution in [3.8, 4) is 0 Å². The van der Waals surface area contributed by atoms with Gasteiger partial charge in [-0.15, -0.1) is 0 Å². The van der Waals surface area contributed by atoms with Crippen LogP contribution in [0.2, 0.25) is 0 Å². The summed E-state index contributed by atoms with van der Waals surface area (Å²) >= 11 is 0. The third kappa shape index (κ3) is 3.10. The van der Waals surface area contributed by atoms with Crippen LogP contribution >= 0.6 is 0 Å². The summed E-state index contributed by atoms with van der Waals surface area (Å²) in [6, 6.07) is 5.54. The highest BCUT2D eigenvalue weighted by molar-refractivity contribution is 5.26. The number of aromatic amines is 1. The number of nitrogens with one attached hydrogen (secondary N) is 2. The number of rotatable bonds is 3. The van der Waals surface area contributed by atoms with E-state index in [1.807, 2.05) is 0 Å². The summed E-state index contributed by atoms with van der Waals surface area (Å²) in [7, 11) is 0. The number of hydrogen-bond acceptors (Lipinski definition) is 2. The number of nitrogens with zero attached hydrogens (tertiary/aromatic N) is 1. The molecule has 1 atom stereocenters. The van der Waals surface area contributed by atoms with Crippen molar-refractivity contribution in [2.75, 3.05) is 0 Å². The molecule has 1 unspecified atom stereocenters. The first kappa shape index (κ1) is 14.1. The minimum Gasteiger partial charge on any atom is -0.348 e. The molecule has 0 aliphatic heterocycles. The van der Waals surface area contributed by atoms with Gasteiger partial charge in [0.05, 0.1) is 23.6 Å². The zero-order valence-electron chi connectivity index (χ0n) is 11.4. The smallest absolute Gasteiger partial charge is 0.348 e. The second-order valence-electron chi connectivity index (χ2n) is 5.29. The minimum atomic E-state index is -4.30. The first-order chi connectivity index (χ1) is 10.0. The van der Waals surface area contributed by atoms with Crippen LogP contribution in [0.15, 0.2) is 30.6 Å². The van der Waals surface area contributed by atoms with E-state index < -0.39 is 11.7 Å². The van der Waals surface area contributed by atoms with Crippen molar-refractivity contribution in [1.82, 2.24) is 15.3 Å². The van der Waals surface area contributed by atoms with Gasteiger partial charge in [-0.25, -0.2) is 4.98 Å². The predicted molar refractivity (Wildman–Crippen MR) is 72.6 cm³/mol. The number of benzene rings is 1. The van der Waals surface area contributed by atoms with E-state index in [-0.39, 0.29) is 6.04 Å². The molecular weight excluding hydrogens is 279 g/mol. The molecule has 1 heterocycles. The summed E-state index contributed by atoms with van der Waals surface area (Å²) in [4.78, 5) is 7.42. The first-order valence-corrected chi connectivity index (χ1v) is 6.96. The second kappa shape index (κ2) is 5.52. The maximum absolute atomic E-state index is 12.7. The quantitative estimate of drug-likeness (QED) is 0.908. The number of aromatic nitrogens is 2. The molecule has 6 heteroatoms. The highest BCUT2D eigenvalue weighted by Crippen LogP contribution is 2.30. The van der Waals surface area contributed by atoms with Crippen LogP contribution in [0.5, 0.6) is 0 Å². The lowest BCUT2D eigenvalue weighted by atomic mass is 9.96. The highest BCUT2D eigenvalue weighted by Gasteiger charge is 2.30. The number of fused-ring (bicyclic) bond motifs is 1. The molecule has 1 aliphatic rings. The van der Waals surface area contributed by atoms with Crippen LogP contribution in [-0.4, -0.2) is 9.97 Å². The fourth-order valence-electron chi connectivity index (χ4n) is 2.75. The van der Waals surface area contributed by atoms with Crippen LogP contribution in [0.25, 0.3) is 0 Å². The van der Waals surface area contributed by atoms with E-state index in [2.05, 4.69) is 15.3 Å². The molecule has 1 aromatic heterocycles. The SMILES string of the molecule is FC(F)(F)c1cccc(CNC2CCCc3[nH]cnc32)c1. The summed E-state index contributed by atoms with van der Waals surface area (Å²) in [5, 5.41) is 3.31. The van der Waals surface area contributed by atoms with E-state index in [0.717, 1.165) is 36.7 Å². The van der Waals surface area contributed by atoms with Crippen molar-refractivity contribution in [2.24, 2.45) is 0 Å². The molecular formula is C15H16F3N3. The van der Waals surface area contributed by atoms with Gasteiger partial charge in [-0.3, -0.25) is 0 Å². The molecule has 2 N–H and O–H groups in total. The van der Waals surface area contributed by atoms with Gasteiger partial charge in [-0.05, 0) is 30.9 Å². The Morgan fingerprint density at radius 1 is 1.33 bits per heavy atom. The fourth-order valence-corrected chi connectivity index (χ4v) is 2.75. The Bertz CT molecular complexity index is 619. The lowest BCUT2D eigenvalue weighted by Gasteiger charge is -2.22. The zero-order valence-corrected chi connectivity index (χ0v) is 11.4. The average molecular weight is 295 g/mol. The van der Waals surface area contributed by atoms with Gasteiger partial charge in [0.2, 0.25) is 0 Å². The molecule has 0 saturated heterocycles. The fraction of sp³-hybridized carbons (Fsp3) is 0.400. The molecule has 0 fully saturated rings. The Morgan fingerprint density at radius 3 is 3.00 bits per heavy atom. The molecule has 2 aromatic rings. The standard InChI is InChI=1S/C15H16F3N3/c16-15(17,18)11-4-1-3-10(7-11)8-19-12-5-2-6-13-14(12)21-9-20-13/h1,3-4,7,9,12,19H,2,5-6,8H2,(H,20,21). The number of hydrogen-bond donors (Lipinski definition) is 2. The van der Waals surface area contributed by atoms with Crippen LogP contribution in [0.4, 0.5) is 13.2 Å². The van der Waals surface area contributed by atoms with Crippen molar-refractivity contribution in [3.63, 3.8) is 0 Å². The van der Waals surface area contributed by atoms with Gasteiger partial charge < -0.3 is 10.3 Å². The third-order valence-corrected chi connectivity index (χ3v) is 3.81. The molecule has 1 aliphatic carbocycles. The third-order valence-electron chi connectivity index (χ3n) is 3.81. The number of aryl methyl sites for hydroxylation is 1. The molecule has 3 nitrogen and oxygen atoms in total. The van der Waals surface area contributed by atoms with E-state index in [0.29, 0.717) is 12.1 Å². The van der Waals surface area contributed by atoms with Crippen LogP contribution in [0, 0.1) is 0 Å². The summed E-state index contributed by atoms with van der Waals surface area (Å²) in [6.45, 7) is 0.404. The highest BCUT2D eigenvalue weighted by atomic mass is 19.4. The minimum absolute atomic E-state index is 0.106. The van der Waals surface area contributed by atoms with E-state index in [4.69, 9.17) is 0 Å². The first-order valence-electron chi connectivity index (χ1n) is 6.96. The van der Waals surface area contributed by atoms with Gasteiger partial charge in [0.15, 0.2) is 0 Å². The van der Waals surface area contributed by atoms with E-state index in [1.54, 1.807) is 12.4 Å². The molecule has 0 radical (unpaired) electrons. The predicted octanol–water partition coefficient (Wildman–Crippen LogP) is 3.60. The normalized spacial score (nSPS) is 18.5. The molecule has 1 aromatic carbocycles. The van der Waals surface area contributed by atoms with Crippen LogP contribution < -0.4 is 5.32 Å². The zero-order chi connectivity index (χ0) is 14.9. The number of H-pyrrole nitrogens is 1. The second-order valence-corrected chi connectivity index (χ2v) is 5.29. The lowest BCUT2D eigenvalue weighted by molar-refractivity contribution is -0.137. The van der Waals surface area contributed by atoms with E-state index in [9.17, 15) is 13.2 Å². The summed E-state index contributed by atoms with van der Waals surface area (Å²) < 4.78 is 38.1. The summed E-state index contributed by atoms with van der Waals surface area (Å²) in [5.41, 5.74) is 2.15. The Labute approximate surface area is 120 Å². The van der Waals surface area contributed by atoms with Crippen molar-refractivity contribution in [2.45, 2.75) is 38.0 Å².